The van der Waals surface area contributed by atoms with Crippen molar-refractivity contribution in [3.63, 3.8) is 0 Å². The summed E-state index contributed by atoms with van der Waals surface area (Å²) in [5.74, 6) is 6.00. The monoisotopic (exact) mass is 215 g/mol. The standard InChI is InChI=1S/C9H14ClN3O/c1-13(6-12-11)8-5-7(10)3-4-9(8)14-2/h3-5,12H,6,11H2,1-2H3. The lowest BCUT2D eigenvalue weighted by Crippen LogP contribution is -2.35. The smallest absolute Gasteiger partial charge is 0.142 e. The van der Waals surface area contributed by atoms with E-state index in [1.165, 1.54) is 0 Å². The summed E-state index contributed by atoms with van der Waals surface area (Å²) >= 11 is 5.88. The second-order valence-electron chi connectivity index (χ2n) is 2.88. The van der Waals surface area contributed by atoms with Gasteiger partial charge in [-0.3, -0.25) is 5.84 Å². The molecule has 0 spiro atoms. The molecule has 4 nitrogen and oxygen atoms in total. The van der Waals surface area contributed by atoms with Crippen molar-refractivity contribution in [3.8, 4) is 5.75 Å². The summed E-state index contributed by atoms with van der Waals surface area (Å²) in [6.07, 6.45) is 0. The SMILES string of the molecule is COc1ccc(Cl)cc1N(C)CNN. The molecule has 1 rings (SSSR count). The Hall–Kier alpha value is -0.970. The van der Waals surface area contributed by atoms with Crippen molar-refractivity contribution in [1.29, 1.82) is 0 Å². The molecule has 1 aromatic carbocycles. The minimum absolute atomic E-state index is 0.525. The highest BCUT2D eigenvalue weighted by Gasteiger charge is 2.07. The number of rotatable bonds is 4. The van der Waals surface area contributed by atoms with Gasteiger partial charge in [0, 0.05) is 12.1 Å². The zero-order chi connectivity index (χ0) is 10.6. The zero-order valence-electron chi connectivity index (χ0n) is 8.25. The summed E-state index contributed by atoms with van der Waals surface area (Å²) in [5, 5.41) is 0.671. The van der Waals surface area contributed by atoms with Crippen molar-refractivity contribution in [2.24, 2.45) is 5.84 Å². The van der Waals surface area contributed by atoms with Gasteiger partial charge in [-0.2, -0.15) is 0 Å². The maximum Gasteiger partial charge on any atom is 0.142 e. The number of methoxy groups -OCH3 is 1. The van der Waals surface area contributed by atoms with E-state index in [9.17, 15) is 0 Å². The first-order chi connectivity index (χ1) is 6.69. The average molecular weight is 216 g/mol. The summed E-state index contributed by atoms with van der Waals surface area (Å²) in [6, 6.07) is 5.44. The lowest BCUT2D eigenvalue weighted by atomic mass is 10.3. The predicted octanol–water partition coefficient (Wildman–Crippen LogP) is 1.21. The highest BCUT2D eigenvalue weighted by Crippen LogP contribution is 2.29. The van der Waals surface area contributed by atoms with Gasteiger partial charge in [0.25, 0.3) is 0 Å². The van der Waals surface area contributed by atoms with Gasteiger partial charge >= 0.3 is 0 Å². The molecule has 0 aliphatic heterocycles. The molecule has 1 aromatic rings. The van der Waals surface area contributed by atoms with Gasteiger partial charge in [-0.05, 0) is 18.2 Å². The maximum atomic E-state index is 5.88. The van der Waals surface area contributed by atoms with Crippen molar-refractivity contribution >= 4 is 17.3 Å². The molecule has 0 unspecified atom stereocenters. The van der Waals surface area contributed by atoms with Gasteiger partial charge in [0.05, 0.1) is 19.5 Å². The highest BCUT2D eigenvalue weighted by molar-refractivity contribution is 6.30. The van der Waals surface area contributed by atoms with Crippen molar-refractivity contribution in [2.75, 3.05) is 25.7 Å². The second-order valence-corrected chi connectivity index (χ2v) is 3.31. The van der Waals surface area contributed by atoms with Crippen LogP contribution in [-0.2, 0) is 0 Å². The topological polar surface area (TPSA) is 50.5 Å². The Kier molecular flexibility index (Phi) is 4.00. The lowest BCUT2D eigenvalue weighted by Gasteiger charge is -2.21. The van der Waals surface area contributed by atoms with E-state index in [0.717, 1.165) is 11.4 Å². The molecule has 0 aliphatic rings. The van der Waals surface area contributed by atoms with E-state index in [0.29, 0.717) is 11.7 Å². The first-order valence-corrected chi connectivity index (χ1v) is 4.55. The highest BCUT2D eigenvalue weighted by atomic mass is 35.5. The number of hydrogen-bond acceptors (Lipinski definition) is 4. The number of nitrogens with one attached hydrogen (secondary N) is 1. The quantitative estimate of drug-likeness (QED) is 0.450. The third-order valence-corrected chi connectivity index (χ3v) is 2.12. The van der Waals surface area contributed by atoms with Crippen molar-refractivity contribution in [3.05, 3.63) is 23.2 Å². The Morgan fingerprint density at radius 3 is 2.86 bits per heavy atom. The van der Waals surface area contributed by atoms with Gasteiger partial charge < -0.3 is 9.64 Å². The molecule has 0 atom stereocenters. The Morgan fingerprint density at radius 1 is 1.57 bits per heavy atom. The number of hydrogen-bond donors (Lipinski definition) is 2. The summed E-state index contributed by atoms with van der Waals surface area (Å²) in [7, 11) is 3.52. The Morgan fingerprint density at radius 2 is 2.29 bits per heavy atom. The van der Waals surface area contributed by atoms with Gasteiger partial charge in [0.15, 0.2) is 0 Å². The zero-order valence-corrected chi connectivity index (χ0v) is 9.01. The van der Waals surface area contributed by atoms with E-state index in [4.69, 9.17) is 22.2 Å². The van der Waals surface area contributed by atoms with Crippen LogP contribution in [0.5, 0.6) is 5.75 Å². The van der Waals surface area contributed by atoms with E-state index in [1.807, 2.05) is 24.1 Å². The Labute approximate surface area is 88.6 Å². The number of benzene rings is 1. The number of nitrogens with two attached hydrogens (primary N) is 1. The van der Waals surface area contributed by atoms with E-state index < -0.39 is 0 Å². The normalized spacial score (nSPS) is 10.0. The minimum Gasteiger partial charge on any atom is -0.495 e. The summed E-state index contributed by atoms with van der Waals surface area (Å²) in [6.45, 7) is 0.525. The molecule has 0 amide bonds. The second kappa shape index (κ2) is 5.05. The maximum absolute atomic E-state index is 5.88. The van der Waals surface area contributed by atoms with Crippen LogP contribution in [-0.4, -0.2) is 20.8 Å². The van der Waals surface area contributed by atoms with E-state index in [2.05, 4.69) is 5.43 Å². The van der Waals surface area contributed by atoms with Gasteiger partial charge in [-0.25, -0.2) is 5.43 Å². The fourth-order valence-corrected chi connectivity index (χ4v) is 1.35. The van der Waals surface area contributed by atoms with Crippen LogP contribution < -0.4 is 20.9 Å². The number of ether oxygens (including phenoxy) is 1. The van der Waals surface area contributed by atoms with Crippen LogP contribution in [0.4, 0.5) is 5.69 Å². The minimum atomic E-state index is 0.525. The molecule has 14 heavy (non-hydrogen) atoms. The van der Waals surface area contributed by atoms with Crippen LogP contribution >= 0.6 is 11.6 Å². The molecule has 3 N–H and O–H groups in total. The van der Waals surface area contributed by atoms with Crippen molar-refractivity contribution < 1.29 is 4.74 Å². The third-order valence-electron chi connectivity index (χ3n) is 1.88. The van der Waals surface area contributed by atoms with Crippen LogP contribution in [0.25, 0.3) is 0 Å². The van der Waals surface area contributed by atoms with Crippen LogP contribution in [0, 0.1) is 0 Å². The number of nitrogens with zero attached hydrogens (tertiary/aromatic N) is 1. The van der Waals surface area contributed by atoms with Crippen LogP contribution in [0.2, 0.25) is 5.02 Å². The molecule has 78 valence electrons. The molecular formula is C9H14ClN3O. The summed E-state index contributed by atoms with van der Waals surface area (Å²) in [5.41, 5.74) is 3.46. The molecule has 0 fully saturated rings. The van der Waals surface area contributed by atoms with E-state index >= 15 is 0 Å². The first-order valence-electron chi connectivity index (χ1n) is 4.17. The molecule has 0 saturated heterocycles. The largest absolute Gasteiger partial charge is 0.495 e. The summed E-state index contributed by atoms with van der Waals surface area (Å²) < 4.78 is 5.20. The Balaban J connectivity index is 2.97. The molecular weight excluding hydrogens is 202 g/mol. The molecule has 0 bridgehead atoms. The fourth-order valence-electron chi connectivity index (χ4n) is 1.18. The summed E-state index contributed by atoms with van der Waals surface area (Å²) in [4.78, 5) is 1.91. The molecule has 0 saturated carbocycles. The Bertz CT molecular complexity index is 306. The number of halogens is 1. The predicted molar refractivity (Wildman–Crippen MR) is 58.6 cm³/mol. The number of hydrazine groups is 1. The molecule has 0 aliphatic carbocycles. The van der Waals surface area contributed by atoms with Gasteiger partial charge in [-0.15, -0.1) is 0 Å². The molecule has 0 heterocycles. The van der Waals surface area contributed by atoms with Crippen molar-refractivity contribution in [2.45, 2.75) is 0 Å². The number of anilines is 1. The van der Waals surface area contributed by atoms with Gasteiger partial charge in [-0.1, -0.05) is 11.6 Å². The molecule has 5 heteroatoms. The van der Waals surface area contributed by atoms with E-state index in [1.54, 1.807) is 13.2 Å². The lowest BCUT2D eigenvalue weighted by molar-refractivity contribution is 0.414. The third kappa shape index (κ3) is 2.51. The van der Waals surface area contributed by atoms with Crippen LogP contribution in [0.1, 0.15) is 0 Å². The first kappa shape index (κ1) is 11.1. The van der Waals surface area contributed by atoms with Crippen LogP contribution in [0.3, 0.4) is 0 Å². The van der Waals surface area contributed by atoms with Crippen LogP contribution in [0.15, 0.2) is 18.2 Å². The molecule has 0 aromatic heterocycles. The molecule has 0 radical (unpaired) electrons. The van der Waals surface area contributed by atoms with Gasteiger partial charge in [0.2, 0.25) is 0 Å². The average Bonchev–Trinajstić information content (AvgIpc) is 2.18. The fraction of sp³-hybridized carbons (Fsp3) is 0.333. The van der Waals surface area contributed by atoms with E-state index in [-0.39, 0.29) is 0 Å². The van der Waals surface area contributed by atoms with Crippen molar-refractivity contribution in [1.82, 2.24) is 5.43 Å². The van der Waals surface area contributed by atoms with Gasteiger partial charge in [0.1, 0.15) is 5.75 Å².